The van der Waals surface area contributed by atoms with Crippen LogP contribution >= 0.6 is 0 Å². The predicted octanol–water partition coefficient (Wildman–Crippen LogP) is 3.77. The summed E-state index contributed by atoms with van der Waals surface area (Å²) in [4.78, 5) is 32.0. The zero-order valence-electron chi connectivity index (χ0n) is 17.6. The summed E-state index contributed by atoms with van der Waals surface area (Å²) in [5.41, 5.74) is 1.81. The van der Waals surface area contributed by atoms with Gasteiger partial charge in [0.05, 0.1) is 18.5 Å². The molecule has 0 aromatic carbocycles. The second-order valence-corrected chi connectivity index (χ2v) is 6.87. The summed E-state index contributed by atoms with van der Waals surface area (Å²) in [5.74, 6) is -2.88. The molecule has 0 radical (unpaired) electrons. The molecule has 11 heteroatoms. The first-order valence-electron chi connectivity index (χ1n) is 9.24. The molecule has 3 rings (SSSR count). The highest BCUT2D eigenvalue weighted by Crippen LogP contribution is 2.32. The van der Waals surface area contributed by atoms with E-state index in [0.29, 0.717) is 34.3 Å². The molecule has 0 spiro atoms. The molecule has 0 aliphatic carbocycles. The minimum atomic E-state index is -3.21. The summed E-state index contributed by atoms with van der Waals surface area (Å²) in [7, 11) is 1.49. The minimum absolute atomic E-state index is 0.156. The molecule has 0 aliphatic heterocycles. The number of carbonyl (C=O) groups is 1. The molecular formula is C20H21F2N7O2. The first-order valence-corrected chi connectivity index (χ1v) is 9.24. The van der Waals surface area contributed by atoms with Gasteiger partial charge in [-0.1, -0.05) is 0 Å². The fraction of sp³-hybridized carbons (Fsp3) is 0.300. The SMILES string of the molecule is COc1cc(-c2cnc(NC(C)=O)cc2Nc2cc(C)nc(C(C)(F)F)n2)nc(C)n1. The second-order valence-electron chi connectivity index (χ2n) is 6.87. The molecule has 3 aromatic rings. The number of aromatic nitrogens is 5. The number of anilines is 3. The molecule has 9 nitrogen and oxygen atoms in total. The molecule has 1 amide bonds. The number of alkyl halides is 2. The first-order chi connectivity index (χ1) is 14.5. The van der Waals surface area contributed by atoms with Crippen LogP contribution in [0.5, 0.6) is 5.88 Å². The lowest BCUT2D eigenvalue weighted by Gasteiger charge is -2.16. The van der Waals surface area contributed by atoms with Crippen LogP contribution in [0.1, 0.15) is 31.2 Å². The maximum atomic E-state index is 13.8. The van der Waals surface area contributed by atoms with Crippen LogP contribution in [0.2, 0.25) is 0 Å². The van der Waals surface area contributed by atoms with Gasteiger partial charge < -0.3 is 15.4 Å². The molecule has 3 aromatic heterocycles. The van der Waals surface area contributed by atoms with Crippen LogP contribution in [0.3, 0.4) is 0 Å². The van der Waals surface area contributed by atoms with Gasteiger partial charge in [-0.3, -0.25) is 4.79 Å². The summed E-state index contributed by atoms with van der Waals surface area (Å²) in [6.45, 7) is 5.39. The van der Waals surface area contributed by atoms with Crippen molar-refractivity contribution in [2.75, 3.05) is 17.7 Å². The second kappa shape index (κ2) is 8.54. The first kappa shape index (κ1) is 21.9. The van der Waals surface area contributed by atoms with Gasteiger partial charge in [0.15, 0.2) is 0 Å². The van der Waals surface area contributed by atoms with Gasteiger partial charge in [0.2, 0.25) is 17.6 Å². The van der Waals surface area contributed by atoms with Gasteiger partial charge in [-0.15, -0.1) is 0 Å². The van der Waals surface area contributed by atoms with Crippen LogP contribution in [0.25, 0.3) is 11.3 Å². The number of ether oxygens (including phenoxy) is 1. The number of pyridine rings is 1. The number of carbonyl (C=O) groups excluding carboxylic acids is 1. The fourth-order valence-electron chi connectivity index (χ4n) is 2.76. The summed E-state index contributed by atoms with van der Waals surface area (Å²) in [6.07, 6.45) is 1.50. The van der Waals surface area contributed by atoms with E-state index in [4.69, 9.17) is 4.74 Å². The summed E-state index contributed by atoms with van der Waals surface area (Å²) in [6, 6.07) is 4.70. The zero-order valence-corrected chi connectivity index (χ0v) is 17.6. The fourth-order valence-corrected chi connectivity index (χ4v) is 2.76. The van der Waals surface area contributed by atoms with Gasteiger partial charge in [-0.25, -0.2) is 19.9 Å². The van der Waals surface area contributed by atoms with Crippen LogP contribution in [0.4, 0.5) is 26.1 Å². The number of halogens is 2. The Bertz CT molecular complexity index is 1130. The van der Waals surface area contributed by atoms with Crippen molar-refractivity contribution in [2.45, 2.75) is 33.6 Å². The van der Waals surface area contributed by atoms with Crippen molar-refractivity contribution >= 4 is 23.2 Å². The van der Waals surface area contributed by atoms with Crippen molar-refractivity contribution in [1.82, 2.24) is 24.9 Å². The van der Waals surface area contributed by atoms with Crippen LogP contribution < -0.4 is 15.4 Å². The van der Waals surface area contributed by atoms with Gasteiger partial charge in [-0.05, 0) is 13.8 Å². The normalized spacial score (nSPS) is 11.2. The molecule has 2 N–H and O–H groups in total. The minimum Gasteiger partial charge on any atom is -0.481 e. The van der Waals surface area contributed by atoms with E-state index in [2.05, 4.69) is 35.6 Å². The highest BCUT2D eigenvalue weighted by molar-refractivity contribution is 5.89. The number of rotatable bonds is 6. The summed E-state index contributed by atoms with van der Waals surface area (Å²) in [5, 5.41) is 5.61. The highest BCUT2D eigenvalue weighted by Gasteiger charge is 2.29. The van der Waals surface area contributed by atoms with Crippen molar-refractivity contribution < 1.29 is 18.3 Å². The lowest BCUT2D eigenvalue weighted by molar-refractivity contribution is -0.114. The van der Waals surface area contributed by atoms with E-state index in [1.54, 1.807) is 26.0 Å². The maximum absolute atomic E-state index is 13.8. The van der Waals surface area contributed by atoms with Crippen molar-refractivity contribution in [3.05, 3.63) is 41.7 Å². The average molecular weight is 429 g/mol. The number of aryl methyl sites for hydroxylation is 2. The van der Waals surface area contributed by atoms with Crippen LogP contribution in [0.15, 0.2) is 24.4 Å². The van der Waals surface area contributed by atoms with E-state index in [1.807, 2.05) is 0 Å². The average Bonchev–Trinajstić information content (AvgIpc) is 2.66. The number of methoxy groups -OCH3 is 1. The van der Waals surface area contributed by atoms with E-state index in [0.717, 1.165) is 6.92 Å². The van der Waals surface area contributed by atoms with Gasteiger partial charge in [0.25, 0.3) is 0 Å². The van der Waals surface area contributed by atoms with E-state index in [-0.39, 0.29) is 17.5 Å². The Morgan fingerprint density at radius 2 is 1.81 bits per heavy atom. The van der Waals surface area contributed by atoms with Crippen LogP contribution in [-0.4, -0.2) is 37.9 Å². The molecule has 3 heterocycles. The number of nitrogens with zero attached hydrogens (tertiary/aromatic N) is 5. The van der Waals surface area contributed by atoms with Crippen molar-refractivity contribution in [3.8, 4) is 17.1 Å². The summed E-state index contributed by atoms with van der Waals surface area (Å²) < 4.78 is 32.8. The van der Waals surface area contributed by atoms with E-state index < -0.39 is 11.7 Å². The quantitative estimate of drug-likeness (QED) is 0.609. The molecular weight excluding hydrogens is 408 g/mol. The Labute approximate surface area is 177 Å². The Hall–Kier alpha value is -3.76. The molecule has 0 aliphatic rings. The number of nitrogens with one attached hydrogen (secondary N) is 2. The smallest absolute Gasteiger partial charge is 0.303 e. The lowest BCUT2D eigenvalue weighted by atomic mass is 10.1. The molecule has 0 saturated carbocycles. The van der Waals surface area contributed by atoms with Crippen molar-refractivity contribution in [1.29, 1.82) is 0 Å². The van der Waals surface area contributed by atoms with Crippen LogP contribution in [-0.2, 0) is 10.7 Å². The third-order valence-corrected chi connectivity index (χ3v) is 4.02. The van der Waals surface area contributed by atoms with Gasteiger partial charge in [0.1, 0.15) is 17.5 Å². The van der Waals surface area contributed by atoms with Crippen molar-refractivity contribution in [2.24, 2.45) is 0 Å². The Morgan fingerprint density at radius 3 is 2.45 bits per heavy atom. The van der Waals surface area contributed by atoms with E-state index >= 15 is 0 Å². The Kier molecular flexibility index (Phi) is 6.04. The number of amides is 1. The molecule has 0 fully saturated rings. The monoisotopic (exact) mass is 429 g/mol. The topological polar surface area (TPSA) is 115 Å². The third-order valence-electron chi connectivity index (χ3n) is 4.02. The maximum Gasteiger partial charge on any atom is 0.303 e. The summed E-state index contributed by atoms with van der Waals surface area (Å²) >= 11 is 0. The van der Waals surface area contributed by atoms with E-state index in [9.17, 15) is 13.6 Å². The van der Waals surface area contributed by atoms with Crippen LogP contribution in [0, 0.1) is 13.8 Å². The van der Waals surface area contributed by atoms with Crippen molar-refractivity contribution in [3.63, 3.8) is 0 Å². The zero-order chi connectivity index (χ0) is 22.8. The predicted molar refractivity (Wildman–Crippen MR) is 110 cm³/mol. The Morgan fingerprint density at radius 1 is 1.06 bits per heavy atom. The standard InChI is InChI=1S/C20H21F2N7O2/c1-10-6-17(29-19(24-10)20(4,21)22)28-14-7-16(27-12(3)30)23-9-13(14)15-8-18(31-5)26-11(2)25-15/h6-9H,1-5H3,(H2,23,24,27,28,29,30). The lowest BCUT2D eigenvalue weighted by Crippen LogP contribution is -2.14. The largest absolute Gasteiger partial charge is 0.481 e. The molecule has 0 atom stereocenters. The van der Waals surface area contributed by atoms with Gasteiger partial charge in [-0.2, -0.15) is 13.8 Å². The molecule has 162 valence electrons. The van der Waals surface area contributed by atoms with Gasteiger partial charge >= 0.3 is 5.92 Å². The third kappa shape index (κ3) is 5.44. The highest BCUT2D eigenvalue weighted by atomic mass is 19.3. The molecule has 0 bridgehead atoms. The van der Waals surface area contributed by atoms with E-state index in [1.165, 1.54) is 26.3 Å². The molecule has 0 saturated heterocycles. The molecule has 31 heavy (non-hydrogen) atoms. The van der Waals surface area contributed by atoms with Gasteiger partial charge in [0, 0.05) is 49.5 Å². The Balaban J connectivity index is 2.12. The number of hydrogen-bond donors (Lipinski definition) is 2. The molecule has 0 unspecified atom stereocenters. The number of hydrogen-bond acceptors (Lipinski definition) is 8.